The Morgan fingerprint density at radius 3 is 3.07 bits per heavy atom. The van der Waals surface area contributed by atoms with Gasteiger partial charge in [-0.1, -0.05) is 6.92 Å². The van der Waals surface area contributed by atoms with Crippen LogP contribution in [0.2, 0.25) is 0 Å². The summed E-state index contributed by atoms with van der Waals surface area (Å²) in [5, 5.41) is 11.5. The van der Waals surface area contributed by atoms with Gasteiger partial charge in [0.05, 0.1) is 11.4 Å². The lowest BCUT2D eigenvalue weighted by Crippen LogP contribution is -2.34. The molecular weight excluding hydrogens is 365 g/mol. The Labute approximate surface area is 159 Å². The van der Waals surface area contributed by atoms with Gasteiger partial charge in [-0.3, -0.25) is 0 Å². The van der Waals surface area contributed by atoms with Gasteiger partial charge in [0.1, 0.15) is 5.65 Å². The molecule has 2 aliphatic heterocycles. The number of aromatic nitrogens is 2. The van der Waals surface area contributed by atoms with E-state index in [0.717, 1.165) is 47.7 Å². The van der Waals surface area contributed by atoms with E-state index in [1.54, 1.807) is 10.5 Å². The van der Waals surface area contributed by atoms with Gasteiger partial charge in [-0.25, -0.2) is 17.7 Å². The van der Waals surface area contributed by atoms with Crippen molar-refractivity contribution in [1.29, 1.82) is 0 Å². The van der Waals surface area contributed by atoms with Crippen molar-refractivity contribution in [3.8, 4) is 0 Å². The molecule has 0 bridgehead atoms. The van der Waals surface area contributed by atoms with E-state index in [4.69, 9.17) is 4.65 Å². The van der Waals surface area contributed by atoms with Gasteiger partial charge in [0.2, 0.25) is 10.0 Å². The first-order chi connectivity index (χ1) is 12.9. The molecule has 2 unspecified atom stereocenters. The smallest absolute Gasteiger partial charge is 0.423 e. The highest BCUT2D eigenvalue weighted by atomic mass is 32.2. The summed E-state index contributed by atoms with van der Waals surface area (Å²) < 4.78 is 32.9. The average Bonchev–Trinajstić information content (AvgIpc) is 3.37. The number of pyridine rings is 1. The molecule has 5 rings (SSSR count). The molecule has 2 N–H and O–H groups in total. The standard InChI is InChI=1S/C18H24BN3O4S/c1-2-9-27(24,25)22-8-6-17(12-22)4-5-18(11-17)15-13-3-7-20-16(13)21-10-14(15)19(23)26-18/h3,7,10,23H,2,4-6,8-9,11-12H2,1H3,(H,20,21). The van der Waals surface area contributed by atoms with Gasteiger partial charge in [-0.2, -0.15) is 0 Å². The number of H-pyrrole nitrogens is 1. The number of fused-ring (bicyclic) bond motifs is 4. The fourth-order valence-electron chi connectivity index (χ4n) is 5.49. The van der Waals surface area contributed by atoms with Crippen LogP contribution < -0.4 is 5.46 Å². The zero-order valence-electron chi connectivity index (χ0n) is 15.4. The summed E-state index contributed by atoms with van der Waals surface area (Å²) in [6.45, 7) is 3.05. The predicted octanol–water partition coefficient (Wildman–Crippen LogP) is 1.09. The molecule has 4 heterocycles. The topological polar surface area (TPSA) is 95.5 Å². The maximum absolute atomic E-state index is 12.5. The van der Waals surface area contributed by atoms with Crippen LogP contribution in [-0.2, 0) is 20.3 Å². The summed E-state index contributed by atoms with van der Waals surface area (Å²) in [5.74, 6) is 0.210. The van der Waals surface area contributed by atoms with Crippen molar-refractivity contribution >= 4 is 33.6 Å². The molecule has 2 fully saturated rings. The Morgan fingerprint density at radius 1 is 1.41 bits per heavy atom. The fraction of sp³-hybridized carbons (Fsp3) is 0.611. The van der Waals surface area contributed by atoms with Gasteiger partial charge in [-0.05, 0) is 49.1 Å². The van der Waals surface area contributed by atoms with Crippen LogP contribution in [0.1, 0.15) is 44.6 Å². The Kier molecular flexibility index (Phi) is 3.79. The summed E-state index contributed by atoms with van der Waals surface area (Å²) in [4.78, 5) is 7.53. The van der Waals surface area contributed by atoms with Crippen molar-refractivity contribution in [2.24, 2.45) is 5.41 Å². The molecule has 0 amide bonds. The second-order valence-corrected chi connectivity index (χ2v) is 10.5. The third kappa shape index (κ3) is 2.52. The average molecular weight is 389 g/mol. The molecule has 7 nitrogen and oxygen atoms in total. The second-order valence-electron chi connectivity index (χ2n) is 8.37. The SMILES string of the molecule is CCCS(=O)(=O)N1CCC2(CCC3(C2)OB(O)c2cnc4[nH]ccc4c23)C1. The van der Waals surface area contributed by atoms with Gasteiger partial charge in [0.25, 0.3) is 0 Å². The first-order valence-electron chi connectivity index (χ1n) is 9.68. The molecule has 2 spiro atoms. The van der Waals surface area contributed by atoms with Crippen molar-refractivity contribution in [1.82, 2.24) is 14.3 Å². The van der Waals surface area contributed by atoms with Crippen LogP contribution >= 0.6 is 0 Å². The highest BCUT2D eigenvalue weighted by Gasteiger charge is 2.59. The van der Waals surface area contributed by atoms with E-state index in [0.29, 0.717) is 19.5 Å². The van der Waals surface area contributed by atoms with E-state index < -0.39 is 22.7 Å². The van der Waals surface area contributed by atoms with Crippen LogP contribution in [0.4, 0.5) is 0 Å². The first-order valence-corrected chi connectivity index (χ1v) is 11.3. The second kappa shape index (κ2) is 5.79. The Hall–Kier alpha value is -1.42. The summed E-state index contributed by atoms with van der Waals surface area (Å²) >= 11 is 0. The van der Waals surface area contributed by atoms with Gasteiger partial charge in [0.15, 0.2) is 0 Å². The van der Waals surface area contributed by atoms with E-state index >= 15 is 0 Å². The van der Waals surface area contributed by atoms with Gasteiger partial charge in [-0.15, -0.1) is 0 Å². The fourth-order valence-corrected chi connectivity index (χ4v) is 7.10. The van der Waals surface area contributed by atoms with E-state index in [1.807, 2.05) is 19.2 Å². The molecule has 0 aromatic carbocycles. The Bertz CT molecular complexity index is 1010. The lowest BCUT2D eigenvalue weighted by molar-refractivity contribution is 0.0555. The summed E-state index contributed by atoms with van der Waals surface area (Å²) in [6, 6.07) is 1.99. The molecule has 0 radical (unpaired) electrons. The quantitative estimate of drug-likeness (QED) is 0.767. The maximum atomic E-state index is 12.5. The van der Waals surface area contributed by atoms with Crippen LogP contribution in [0.5, 0.6) is 0 Å². The van der Waals surface area contributed by atoms with Crippen molar-refractivity contribution < 1.29 is 18.1 Å². The highest BCUT2D eigenvalue weighted by Crippen LogP contribution is 2.57. The van der Waals surface area contributed by atoms with Crippen molar-refractivity contribution in [2.45, 2.75) is 44.6 Å². The predicted molar refractivity (Wildman–Crippen MR) is 103 cm³/mol. The molecule has 27 heavy (non-hydrogen) atoms. The molecule has 2 aromatic rings. The van der Waals surface area contributed by atoms with Gasteiger partial charge in [0, 0.05) is 36.3 Å². The molecular formula is C18H24BN3O4S. The molecule has 1 saturated heterocycles. The number of hydrogen-bond acceptors (Lipinski definition) is 5. The lowest BCUT2D eigenvalue weighted by atomic mass is 9.77. The number of aromatic amines is 1. The molecule has 1 saturated carbocycles. The molecule has 9 heteroatoms. The van der Waals surface area contributed by atoms with Gasteiger partial charge < -0.3 is 14.7 Å². The lowest BCUT2D eigenvalue weighted by Gasteiger charge is -2.30. The Balaban J connectivity index is 1.50. The van der Waals surface area contributed by atoms with Crippen LogP contribution in [0.25, 0.3) is 11.0 Å². The van der Waals surface area contributed by atoms with E-state index in [2.05, 4.69) is 9.97 Å². The maximum Gasteiger partial charge on any atom is 0.493 e. The minimum absolute atomic E-state index is 0.0754. The number of sulfonamides is 1. The van der Waals surface area contributed by atoms with Crippen molar-refractivity contribution in [3.05, 3.63) is 24.0 Å². The van der Waals surface area contributed by atoms with Crippen molar-refractivity contribution in [3.63, 3.8) is 0 Å². The normalized spacial score (nSPS) is 31.0. The van der Waals surface area contributed by atoms with Crippen LogP contribution in [0.3, 0.4) is 0 Å². The van der Waals surface area contributed by atoms with Crippen molar-refractivity contribution in [2.75, 3.05) is 18.8 Å². The summed E-state index contributed by atoms with van der Waals surface area (Å²) in [5.41, 5.74) is 1.95. The van der Waals surface area contributed by atoms with Crippen LogP contribution in [0, 0.1) is 5.41 Å². The third-order valence-electron chi connectivity index (χ3n) is 6.65. The zero-order valence-corrected chi connectivity index (χ0v) is 16.3. The van der Waals surface area contributed by atoms with Gasteiger partial charge >= 0.3 is 7.12 Å². The monoisotopic (exact) mass is 389 g/mol. The third-order valence-corrected chi connectivity index (χ3v) is 8.68. The summed E-state index contributed by atoms with van der Waals surface area (Å²) in [6.07, 6.45) is 7.49. The zero-order chi connectivity index (χ0) is 18.9. The molecule has 1 aliphatic carbocycles. The largest absolute Gasteiger partial charge is 0.493 e. The minimum Gasteiger partial charge on any atom is -0.423 e. The van der Waals surface area contributed by atoms with E-state index in [-0.39, 0.29) is 11.2 Å². The minimum atomic E-state index is -3.18. The Morgan fingerprint density at radius 2 is 2.26 bits per heavy atom. The number of nitrogens with zero attached hydrogens (tertiary/aromatic N) is 2. The molecule has 2 aromatic heterocycles. The van der Waals surface area contributed by atoms with E-state index in [9.17, 15) is 13.4 Å². The first kappa shape index (κ1) is 17.7. The number of nitrogens with one attached hydrogen (secondary N) is 1. The highest BCUT2D eigenvalue weighted by molar-refractivity contribution is 7.89. The van der Waals surface area contributed by atoms with Crippen LogP contribution in [-0.4, -0.2) is 53.7 Å². The molecule has 3 aliphatic rings. The molecule has 144 valence electrons. The molecule has 2 atom stereocenters. The van der Waals surface area contributed by atoms with Crippen LogP contribution in [0.15, 0.2) is 18.5 Å². The van der Waals surface area contributed by atoms with E-state index in [1.165, 1.54) is 0 Å². The number of hydrogen-bond donors (Lipinski definition) is 2. The number of rotatable bonds is 3. The summed E-state index contributed by atoms with van der Waals surface area (Å²) in [7, 11) is -4.15.